The summed E-state index contributed by atoms with van der Waals surface area (Å²) in [6, 6.07) is 63.1. The SMILES string of the molecule is Oc1ccccc1-c1ccc(C(c2ccc(-c3ccccc3O)cc2)C(c2ccc(-c3ccccc3O)cc2)c2ccc(-c3ccccc3O)cc2)cc1. The van der Waals surface area contributed by atoms with Gasteiger partial charge in [-0.15, -0.1) is 0 Å². The van der Waals surface area contributed by atoms with E-state index in [-0.39, 0.29) is 34.8 Å². The first kappa shape index (κ1) is 34.1. The largest absolute Gasteiger partial charge is 0.507 e. The van der Waals surface area contributed by atoms with Gasteiger partial charge in [-0.05, 0) is 68.8 Å². The van der Waals surface area contributed by atoms with Gasteiger partial charge < -0.3 is 20.4 Å². The predicted molar refractivity (Wildman–Crippen MR) is 218 cm³/mol. The van der Waals surface area contributed by atoms with Crippen LogP contribution in [0.15, 0.2) is 194 Å². The molecule has 4 heteroatoms. The molecule has 0 bridgehead atoms. The van der Waals surface area contributed by atoms with Crippen molar-refractivity contribution in [1.29, 1.82) is 0 Å². The Balaban J connectivity index is 1.29. The quantitative estimate of drug-likeness (QED) is 0.121. The number of para-hydroxylation sites is 4. The van der Waals surface area contributed by atoms with E-state index < -0.39 is 0 Å². The normalized spacial score (nSPS) is 11.2. The fourth-order valence-electron chi connectivity index (χ4n) is 7.51. The summed E-state index contributed by atoms with van der Waals surface area (Å²) in [6.07, 6.45) is 0. The second-order valence-electron chi connectivity index (χ2n) is 13.5. The minimum atomic E-state index is -0.159. The van der Waals surface area contributed by atoms with Crippen molar-refractivity contribution >= 4 is 0 Å². The molecular weight excluding hydrogens is 665 g/mol. The zero-order valence-electron chi connectivity index (χ0n) is 29.4. The van der Waals surface area contributed by atoms with Gasteiger partial charge >= 0.3 is 0 Å². The maximum atomic E-state index is 10.6. The van der Waals surface area contributed by atoms with Crippen LogP contribution in [0.3, 0.4) is 0 Å². The second-order valence-corrected chi connectivity index (χ2v) is 13.5. The Bertz CT molecular complexity index is 2160. The fraction of sp³-hybridized carbons (Fsp3) is 0.0400. The van der Waals surface area contributed by atoms with Gasteiger partial charge in [0.2, 0.25) is 0 Å². The number of hydrogen-bond donors (Lipinski definition) is 4. The zero-order chi connectivity index (χ0) is 37.0. The van der Waals surface area contributed by atoms with Gasteiger partial charge in [0, 0.05) is 34.1 Å². The molecule has 0 saturated heterocycles. The van der Waals surface area contributed by atoms with E-state index in [1.807, 2.05) is 72.8 Å². The summed E-state index contributed by atoms with van der Waals surface area (Å²) in [7, 11) is 0. The molecule has 8 aromatic rings. The molecule has 4 nitrogen and oxygen atoms in total. The predicted octanol–water partition coefficient (Wildman–Crippen LogP) is 12.1. The summed E-state index contributed by atoms with van der Waals surface area (Å²) in [4.78, 5) is 0. The first-order valence-electron chi connectivity index (χ1n) is 18.0. The molecule has 0 amide bonds. The Morgan fingerprint density at radius 3 is 0.593 bits per heavy atom. The third kappa shape index (κ3) is 6.81. The highest BCUT2D eigenvalue weighted by atomic mass is 16.3. The van der Waals surface area contributed by atoms with Crippen LogP contribution >= 0.6 is 0 Å². The topological polar surface area (TPSA) is 80.9 Å². The van der Waals surface area contributed by atoms with Crippen LogP contribution in [-0.4, -0.2) is 20.4 Å². The third-order valence-corrected chi connectivity index (χ3v) is 10.3. The van der Waals surface area contributed by atoms with Gasteiger partial charge in [0.25, 0.3) is 0 Å². The average Bonchev–Trinajstić information content (AvgIpc) is 3.21. The lowest BCUT2D eigenvalue weighted by molar-refractivity contribution is 0.477. The molecule has 0 aliphatic carbocycles. The van der Waals surface area contributed by atoms with Gasteiger partial charge in [-0.25, -0.2) is 0 Å². The van der Waals surface area contributed by atoms with Crippen LogP contribution in [0.4, 0.5) is 0 Å². The van der Waals surface area contributed by atoms with Crippen LogP contribution in [0.2, 0.25) is 0 Å². The fourth-order valence-corrected chi connectivity index (χ4v) is 7.51. The Labute approximate surface area is 315 Å². The monoisotopic (exact) mass is 702 g/mol. The van der Waals surface area contributed by atoms with E-state index in [1.165, 1.54) is 0 Å². The number of benzene rings is 8. The van der Waals surface area contributed by atoms with Crippen molar-refractivity contribution in [3.8, 4) is 67.5 Å². The molecule has 0 heterocycles. The molecule has 0 radical (unpaired) electrons. The van der Waals surface area contributed by atoms with Gasteiger partial charge in [0.1, 0.15) is 23.0 Å². The number of phenols is 4. The van der Waals surface area contributed by atoms with E-state index in [0.29, 0.717) is 0 Å². The minimum absolute atomic E-state index is 0.159. The first-order chi connectivity index (χ1) is 26.4. The number of rotatable bonds is 9. The summed E-state index contributed by atoms with van der Waals surface area (Å²) in [5, 5.41) is 42.6. The van der Waals surface area contributed by atoms with E-state index in [2.05, 4.69) is 97.1 Å². The van der Waals surface area contributed by atoms with Crippen LogP contribution in [0.5, 0.6) is 23.0 Å². The highest BCUT2D eigenvalue weighted by Gasteiger charge is 2.29. The smallest absolute Gasteiger partial charge is 0.123 e. The minimum Gasteiger partial charge on any atom is -0.507 e. The highest BCUT2D eigenvalue weighted by Crippen LogP contribution is 2.46. The highest BCUT2D eigenvalue weighted by molar-refractivity contribution is 5.74. The van der Waals surface area contributed by atoms with E-state index >= 15 is 0 Å². The third-order valence-electron chi connectivity index (χ3n) is 10.3. The lowest BCUT2D eigenvalue weighted by Crippen LogP contribution is -2.15. The van der Waals surface area contributed by atoms with Crippen molar-refractivity contribution in [2.45, 2.75) is 11.8 Å². The molecule has 8 aromatic carbocycles. The molecule has 0 aliphatic rings. The maximum Gasteiger partial charge on any atom is 0.123 e. The van der Waals surface area contributed by atoms with E-state index in [4.69, 9.17) is 0 Å². The van der Waals surface area contributed by atoms with Crippen LogP contribution in [0.25, 0.3) is 44.5 Å². The molecule has 0 atom stereocenters. The zero-order valence-corrected chi connectivity index (χ0v) is 29.4. The Kier molecular flexibility index (Phi) is 9.40. The van der Waals surface area contributed by atoms with Crippen molar-refractivity contribution in [1.82, 2.24) is 0 Å². The summed E-state index contributed by atoms with van der Waals surface area (Å²) >= 11 is 0. The van der Waals surface area contributed by atoms with Gasteiger partial charge in [0.15, 0.2) is 0 Å². The van der Waals surface area contributed by atoms with Gasteiger partial charge in [-0.3, -0.25) is 0 Å². The van der Waals surface area contributed by atoms with Crippen LogP contribution < -0.4 is 0 Å². The van der Waals surface area contributed by atoms with Crippen molar-refractivity contribution < 1.29 is 20.4 Å². The number of hydrogen-bond acceptors (Lipinski definition) is 4. The molecule has 8 rings (SSSR count). The Morgan fingerprint density at radius 2 is 0.407 bits per heavy atom. The van der Waals surface area contributed by atoms with Crippen molar-refractivity contribution in [2.75, 3.05) is 0 Å². The van der Waals surface area contributed by atoms with Crippen molar-refractivity contribution in [3.05, 3.63) is 216 Å². The molecule has 0 aromatic heterocycles. The summed E-state index contributed by atoms with van der Waals surface area (Å²) in [6.45, 7) is 0. The van der Waals surface area contributed by atoms with Crippen LogP contribution in [0.1, 0.15) is 34.1 Å². The molecule has 0 fully saturated rings. The average molecular weight is 703 g/mol. The van der Waals surface area contributed by atoms with Crippen LogP contribution in [0, 0.1) is 0 Å². The molecule has 54 heavy (non-hydrogen) atoms. The summed E-state index contributed by atoms with van der Waals surface area (Å²) < 4.78 is 0. The number of aromatic hydroxyl groups is 4. The maximum absolute atomic E-state index is 10.6. The Hall–Kier alpha value is -7.04. The standard InChI is InChI=1S/C50H38O4/c51-45-13-5-1-9-41(45)33-17-25-37(26-18-33)49(38-27-19-34(20-28-38)42-10-2-6-14-46(42)52)50(39-29-21-35(22-30-39)43-11-3-7-15-47(43)53)40-31-23-36(24-32-40)44-12-4-8-16-48(44)54/h1-32,49-54H. The lowest BCUT2D eigenvalue weighted by atomic mass is 9.73. The van der Waals surface area contributed by atoms with E-state index in [9.17, 15) is 20.4 Å². The van der Waals surface area contributed by atoms with E-state index in [0.717, 1.165) is 66.8 Å². The van der Waals surface area contributed by atoms with Gasteiger partial charge in [0.05, 0.1) is 0 Å². The molecule has 262 valence electrons. The van der Waals surface area contributed by atoms with Gasteiger partial charge in [-0.2, -0.15) is 0 Å². The summed E-state index contributed by atoms with van der Waals surface area (Å²) in [5.41, 5.74) is 11.1. The molecule has 4 N–H and O–H groups in total. The number of phenolic OH excluding ortho intramolecular Hbond substituents is 4. The summed E-state index contributed by atoms with van der Waals surface area (Å²) in [5.74, 6) is 0.603. The second kappa shape index (κ2) is 14.9. The van der Waals surface area contributed by atoms with E-state index in [1.54, 1.807) is 24.3 Å². The molecule has 0 unspecified atom stereocenters. The Morgan fingerprint density at radius 1 is 0.222 bits per heavy atom. The molecule has 0 aliphatic heterocycles. The molecule has 0 saturated carbocycles. The van der Waals surface area contributed by atoms with Crippen molar-refractivity contribution in [2.24, 2.45) is 0 Å². The van der Waals surface area contributed by atoms with Gasteiger partial charge in [-0.1, -0.05) is 170 Å². The molecular formula is C50H38O4. The lowest BCUT2D eigenvalue weighted by Gasteiger charge is -2.30. The van der Waals surface area contributed by atoms with Crippen molar-refractivity contribution in [3.63, 3.8) is 0 Å². The van der Waals surface area contributed by atoms with Crippen LogP contribution in [-0.2, 0) is 0 Å². The first-order valence-corrected chi connectivity index (χ1v) is 18.0. The molecule has 0 spiro atoms.